The van der Waals surface area contributed by atoms with E-state index in [0.717, 1.165) is 22.3 Å². The van der Waals surface area contributed by atoms with Crippen molar-refractivity contribution in [1.82, 2.24) is 9.97 Å². The summed E-state index contributed by atoms with van der Waals surface area (Å²) in [6.45, 7) is 0. The largest absolute Gasteiger partial charge is 0.373 e. The molecule has 1 N–H and O–H groups in total. The van der Waals surface area contributed by atoms with E-state index in [2.05, 4.69) is 15.3 Å². The number of nitrogens with one attached hydrogen (secondary N) is 1. The molecule has 0 radical (unpaired) electrons. The second kappa shape index (κ2) is 4.96. The Bertz CT molecular complexity index is 755. The van der Waals surface area contributed by atoms with Gasteiger partial charge in [0.2, 0.25) is 0 Å². The third-order valence-electron chi connectivity index (χ3n) is 2.74. The fourth-order valence-corrected chi connectivity index (χ4v) is 3.34. The quantitative estimate of drug-likeness (QED) is 0.745. The van der Waals surface area contributed by atoms with E-state index in [1.165, 1.54) is 11.3 Å². The highest BCUT2D eigenvalue weighted by Gasteiger charge is 2.13. The van der Waals surface area contributed by atoms with Gasteiger partial charge >= 0.3 is 0 Å². The maximum Gasteiger partial charge on any atom is 0.164 e. The molecular formula is C13H9Cl2N3S. The number of aromatic nitrogens is 2. The summed E-state index contributed by atoms with van der Waals surface area (Å²) in [6.07, 6.45) is 0. The van der Waals surface area contributed by atoms with Crippen LogP contribution in [0.3, 0.4) is 0 Å². The first-order valence-corrected chi connectivity index (χ1v) is 7.16. The Morgan fingerprint density at radius 1 is 1.16 bits per heavy atom. The zero-order valence-electron chi connectivity index (χ0n) is 9.95. The van der Waals surface area contributed by atoms with Crippen LogP contribution in [0.15, 0.2) is 30.3 Å². The van der Waals surface area contributed by atoms with Gasteiger partial charge in [0, 0.05) is 12.4 Å². The van der Waals surface area contributed by atoms with Crippen molar-refractivity contribution >= 4 is 51.3 Å². The minimum Gasteiger partial charge on any atom is -0.373 e. The van der Waals surface area contributed by atoms with Gasteiger partial charge < -0.3 is 5.32 Å². The number of thiophene rings is 1. The van der Waals surface area contributed by atoms with Crippen molar-refractivity contribution in [3.05, 3.63) is 39.0 Å². The maximum absolute atomic E-state index is 6.16. The molecule has 0 unspecified atom stereocenters. The van der Waals surface area contributed by atoms with Crippen LogP contribution in [0.25, 0.3) is 22.3 Å². The predicted molar refractivity (Wildman–Crippen MR) is 82.4 cm³/mol. The van der Waals surface area contributed by atoms with Crippen molar-refractivity contribution < 1.29 is 0 Å². The smallest absolute Gasteiger partial charge is 0.164 e. The maximum atomic E-state index is 6.16. The average molecular weight is 310 g/mol. The molecular weight excluding hydrogens is 301 g/mol. The average Bonchev–Trinajstić information content (AvgIpc) is 2.76. The van der Waals surface area contributed by atoms with Gasteiger partial charge in [0.1, 0.15) is 10.2 Å². The molecule has 19 heavy (non-hydrogen) atoms. The van der Waals surface area contributed by atoms with E-state index in [4.69, 9.17) is 23.2 Å². The number of fused-ring (bicyclic) bond motifs is 1. The number of anilines is 1. The van der Waals surface area contributed by atoms with Crippen LogP contribution in [-0.4, -0.2) is 17.0 Å². The molecule has 0 aliphatic rings. The molecule has 0 spiro atoms. The second-order valence-electron chi connectivity index (χ2n) is 3.90. The molecule has 0 saturated carbocycles. The molecule has 0 amide bonds. The Labute approximate surface area is 124 Å². The molecule has 0 bridgehead atoms. The minimum absolute atomic E-state index is 0.580. The Morgan fingerprint density at radius 3 is 2.63 bits per heavy atom. The SMILES string of the molecule is CNc1nc(-c2cc(Cl)sc2Cl)nc2ccccc12. The molecule has 0 fully saturated rings. The summed E-state index contributed by atoms with van der Waals surface area (Å²) in [4.78, 5) is 9.05. The highest BCUT2D eigenvalue weighted by Crippen LogP contribution is 2.37. The monoisotopic (exact) mass is 309 g/mol. The lowest BCUT2D eigenvalue weighted by Crippen LogP contribution is -1.98. The van der Waals surface area contributed by atoms with Crippen LogP contribution >= 0.6 is 34.5 Å². The summed E-state index contributed by atoms with van der Waals surface area (Å²) in [5.74, 6) is 1.36. The molecule has 2 heterocycles. The van der Waals surface area contributed by atoms with Crippen LogP contribution in [0.5, 0.6) is 0 Å². The molecule has 1 aromatic carbocycles. The third-order valence-corrected chi connectivity index (χ3v) is 4.23. The number of nitrogens with zero attached hydrogens (tertiary/aromatic N) is 2. The second-order valence-corrected chi connectivity index (χ2v) is 6.19. The first-order valence-electron chi connectivity index (χ1n) is 5.59. The molecule has 0 aliphatic carbocycles. The van der Waals surface area contributed by atoms with E-state index in [1.807, 2.05) is 31.3 Å². The minimum atomic E-state index is 0.580. The van der Waals surface area contributed by atoms with Crippen molar-refractivity contribution in [2.24, 2.45) is 0 Å². The number of para-hydroxylation sites is 1. The molecule has 6 heteroatoms. The fraction of sp³-hybridized carbons (Fsp3) is 0.0769. The zero-order valence-corrected chi connectivity index (χ0v) is 12.3. The Kier molecular flexibility index (Phi) is 3.31. The van der Waals surface area contributed by atoms with Crippen molar-refractivity contribution in [2.45, 2.75) is 0 Å². The lowest BCUT2D eigenvalue weighted by molar-refractivity contribution is 1.22. The van der Waals surface area contributed by atoms with E-state index in [9.17, 15) is 0 Å². The number of halogens is 2. The summed E-state index contributed by atoms with van der Waals surface area (Å²) >= 11 is 13.4. The molecule has 2 aromatic heterocycles. The first kappa shape index (κ1) is 12.7. The van der Waals surface area contributed by atoms with Crippen LogP contribution in [0.2, 0.25) is 8.67 Å². The van der Waals surface area contributed by atoms with Crippen LogP contribution in [0.1, 0.15) is 0 Å². The van der Waals surface area contributed by atoms with Gasteiger partial charge in [-0.3, -0.25) is 0 Å². The highest BCUT2D eigenvalue weighted by atomic mass is 35.5. The lowest BCUT2D eigenvalue weighted by Gasteiger charge is -2.07. The van der Waals surface area contributed by atoms with Crippen molar-refractivity contribution in [3.63, 3.8) is 0 Å². The Hall–Kier alpha value is -1.36. The van der Waals surface area contributed by atoms with Crippen LogP contribution in [0.4, 0.5) is 5.82 Å². The number of rotatable bonds is 2. The standard InChI is InChI=1S/C13H9Cl2N3S/c1-16-12-7-4-2-3-5-9(7)17-13(18-12)8-6-10(14)19-11(8)15/h2-6H,1H3,(H,16,17,18). The molecule has 0 saturated heterocycles. The van der Waals surface area contributed by atoms with Gasteiger partial charge in [-0.15, -0.1) is 11.3 Å². The number of hydrogen-bond acceptors (Lipinski definition) is 4. The van der Waals surface area contributed by atoms with E-state index < -0.39 is 0 Å². The molecule has 0 aliphatic heterocycles. The van der Waals surface area contributed by atoms with Gasteiger partial charge in [-0.05, 0) is 18.2 Å². The predicted octanol–water partition coefficient (Wildman–Crippen LogP) is 4.71. The number of benzene rings is 1. The normalized spacial score (nSPS) is 10.9. The molecule has 3 nitrogen and oxygen atoms in total. The van der Waals surface area contributed by atoms with E-state index in [0.29, 0.717) is 14.5 Å². The summed E-state index contributed by atoms with van der Waals surface area (Å²) in [5.41, 5.74) is 1.63. The van der Waals surface area contributed by atoms with E-state index >= 15 is 0 Å². The summed E-state index contributed by atoms with van der Waals surface area (Å²) in [7, 11) is 1.83. The lowest BCUT2D eigenvalue weighted by atomic mass is 10.2. The Morgan fingerprint density at radius 2 is 1.95 bits per heavy atom. The highest BCUT2D eigenvalue weighted by molar-refractivity contribution is 7.20. The van der Waals surface area contributed by atoms with Gasteiger partial charge in [-0.1, -0.05) is 35.3 Å². The topological polar surface area (TPSA) is 37.8 Å². The Balaban J connectivity index is 2.28. The molecule has 0 atom stereocenters. The van der Waals surface area contributed by atoms with Crippen molar-refractivity contribution in [1.29, 1.82) is 0 Å². The van der Waals surface area contributed by atoms with Crippen LogP contribution < -0.4 is 5.32 Å². The van der Waals surface area contributed by atoms with Crippen LogP contribution in [-0.2, 0) is 0 Å². The van der Waals surface area contributed by atoms with E-state index in [-0.39, 0.29) is 0 Å². The summed E-state index contributed by atoms with van der Waals surface area (Å²) in [5, 5.41) is 4.06. The molecule has 96 valence electrons. The van der Waals surface area contributed by atoms with Gasteiger partial charge in [0.25, 0.3) is 0 Å². The zero-order chi connectivity index (χ0) is 13.4. The summed E-state index contributed by atoms with van der Waals surface area (Å²) in [6, 6.07) is 9.62. The summed E-state index contributed by atoms with van der Waals surface area (Å²) < 4.78 is 1.23. The van der Waals surface area contributed by atoms with Gasteiger partial charge in [-0.25, -0.2) is 9.97 Å². The molecule has 3 rings (SSSR count). The fourth-order valence-electron chi connectivity index (χ4n) is 1.88. The third kappa shape index (κ3) is 2.27. The first-order chi connectivity index (χ1) is 9.19. The van der Waals surface area contributed by atoms with Crippen molar-refractivity contribution in [2.75, 3.05) is 12.4 Å². The number of hydrogen-bond donors (Lipinski definition) is 1. The van der Waals surface area contributed by atoms with Gasteiger partial charge in [0.05, 0.1) is 15.4 Å². The van der Waals surface area contributed by atoms with Crippen LogP contribution in [0, 0.1) is 0 Å². The van der Waals surface area contributed by atoms with E-state index in [1.54, 1.807) is 6.07 Å². The molecule has 3 aromatic rings. The van der Waals surface area contributed by atoms with Gasteiger partial charge in [0.15, 0.2) is 5.82 Å². The van der Waals surface area contributed by atoms with Gasteiger partial charge in [-0.2, -0.15) is 0 Å². The van der Waals surface area contributed by atoms with Crippen molar-refractivity contribution in [3.8, 4) is 11.4 Å².